The lowest BCUT2D eigenvalue weighted by Gasteiger charge is -2.43. The Morgan fingerprint density at radius 1 is 1.25 bits per heavy atom. The molecule has 0 aromatic carbocycles. The number of carbonyl (C=O) groups is 1. The van der Waals surface area contributed by atoms with Crippen molar-refractivity contribution in [2.75, 3.05) is 11.9 Å². The molecule has 0 radical (unpaired) electrons. The monoisotopic (exact) mass is 402 g/mol. The van der Waals surface area contributed by atoms with Gasteiger partial charge in [-0.3, -0.25) is 9.78 Å². The van der Waals surface area contributed by atoms with E-state index < -0.39 is 23.3 Å². The number of nitrogens with zero attached hydrogens (tertiary/aromatic N) is 4. The van der Waals surface area contributed by atoms with E-state index in [0.717, 1.165) is 11.3 Å². The summed E-state index contributed by atoms with van der Waals surface area (Å²) in [5, 5.41) is 3.62. The molecule has 1 amide bonds. The first kappa shape index (κ1) is 18.4. The highest BCUT2D eigenvalue weighted by Crippen LogP contribution is 2.45. The molecule has 1 saturated carbocycles. The fourth-order valence-corrected chi connectivity index (χ4v) is 4.03. The highest BCUT2D eigenvalue weighted by molar-refractivity contribution is 7.16. The van der Waals surface area contributed by atoms with E-state index in [9.17, 15) is 13.6 Å². The molecule has 28 heavy (non-hydrogen) atoms. The van der Waals surface area contributed by atoms with Crippen molar-refractivity contribution in [3.8, 4) is 10.6 Å². The van der Waals surface area contributed by atoms with Crippen LogP contribution in [0, 0.1) is 5.82 Å². The first-order chi connectivity index (χ1) is 13.5. The highest BCUT2D eigenvalue weighted by atomic mass is 32.1. The third-order valence-corrected chi connectivity index (χ3v) is 5.78. The van der Waals surface area contributed by atoms with Gasteiger partial charge in [0.05, 0.1) is 11.9 Å². The molecule has 10 heteroatoms. The van der Waals surface area contributed by atoms with Gasteiger partial charge in [0.15, 0.2) is 0 Å². The number of rotatable bonds is 6. The maximum atomic E-state index is 14.2. The Morgan fingerprint density at radius 2 is 2.00 bits per heavy atom. The molecule has 0 atom stereocenters. The molecule has 3 aromatic rings. The third-order valence-electron chi connectivity index (χ3n) is 4.72. The van der Waals surface area contributed by atoms with Crippen molar-refractivity contribution in [3.05, 3.63) is 53.3 Å². The molecule has 0 aliphatic heterocycles. The topological polar surface area (TPSA) is 107 Å². The molecule has 3 aromatic heterocycles. The van der Waals surface area contributed by atoms with Crippen LogP contribution in [-0.4, -0.2) is 38.6 Å². The lowest BCUT2D eigenvalue weighted by Crippen LogP contribution is -2.49. The van der Waals surface area contributed by atoms with Gasteiger partial charge in [-0.2, -0.15) is 0 Å². The SMILES string of the molecule is NC(=O)c1cnc(-c2cnc(NCC3(c4ncccc4F)CC(F)C3)nc2)s1. The molecule has 0 saturated heterocycles. The van der Waals surface area contributed by atoms with Crippen molar-refractivity contribution in [1.29, 1.82) is 0 Å². The van der Waals surface area contributed by atoms with Gasteiger partial charge < -0.3 is 11.1 Å². The Bertz CT molecular complexity index is 1000. The quantitative estimate of drug-likeness (QED) is 0.657. The number of thiazole rings is 1. The van der Waals surface area contributed by atoms with Crippen molar-refractivity contribution >= 4 is 23.2 Å². The molecule has 4 rings (SSSR count). The minimum Gasteiger partial charge on any atom is -0.365 e. The van der Waals surface area contributed by atoms with E-state index in [0.29, 0.717) is 21.4 Å². The molecule has 3 N–H and O–H groups in total. The maximum absolute atomic E-state index is 14.2. The first-order valence-electron chi connectivity index (χ1n) is 8.54. The van der Waals surface area contributed by atoms with E-state index in [2.05, 4.69) is 25.3 Å². The predicted molar refractivity (Wildman–Crippen MR) is 100 cm³/mol. The molecule has 144 valence electrons. The zero-order chi connectivity index (χ0) is 19.7. The van der Waals surface area contributed by atoms with Crippen LogP contribution in [0.5, 0.6) is 0 Å². The largest absolute Gasteiger partial charge is 0.365 e. The Balaban J connectivity index is 1.48. The third kappa shape index (κ3) is 3.42. The Morgan fingerprint density at radius 3 is 2.61 bits per heavy atom. The van der Waals surface area contributed by atoms with Crippen LogP contribution in [0.4, 0.5) is 14.7 Å². The van der Waals surface area contributed by atoms with Crippen LogP contribution in [0.25, 0.3) is 10.6 Å². The summed E-state index contributed by atoms with van der Waals surface area (Å²) in [6.45, 7) is 0.268. The van der Waals surface area contributed by atoms with Crippen LogP contribution in [-0.2, 0) is 5.41 Å². The molecule has 7 nitrogen and oxygen atoms in total. The summed E-state index contributed by atoms with van der Waals surface area (Å²) in [5.41, 5.74) is 5.40. The minimum absolute atomic E-state index is 0.195. The number of hydrogen-bond acceptors (Lipinski definition) is 7. The number of primary amides is 1. The minimum atomic E-state index is -0.976. The highest BCUT2D eigenvalue weighted by Gasteiger charge is 2.48. The van der Waals surface area contributed by atoms with Crippen LogP contribution < -0.4 is 11.1 Å². The number of amides is 1. The van der Waals surface area contributed by atoms with Crippen molar-refractivity contribution in [1.82, 2.24) is 19.9 Å². The van der Waals surface area contributed by atoms with Gasteiger partial charge in [0.1, 0.15) is 21.9 Å². The van der Waals surface area contributed by atoms with E-state index in [1.54, 1.807) is 12.4 Å². The second kappa shape index (κ2) is 7.19. The van der Waals surface area contributed by atoms with E-state index in [1.807, 2.05) is 0 Å². The number of nitrogens with two attached hydrogens (primary N) is 1. The molecule has 0 unspecified atom stereocenters. The lowest BCUT2D eigenvalue weighted by molar-refractivity contribution is 0.0963. The molecule has 0 bridgehead atoms. The van der Waals surface area contributed by atoms with Crippen molar-refractivity contribution in [2.45, 2.75) is 24.4 Å². The van der Waals surface area contributed by atoms with Crippen LogP contribution in [0.15, 0.2) is 36.9 Å². The standard InChI is InChI=1S/C18H16F2N6OS/c19-11-4-18(5-11,14-12(20)2-1-3-22-14)9-26-17-24-6-10(7-25-17)16-23-8-13(28-16)15(21)27/h1-3,6-8,11H,4-5,9H2,(H2,21,27)(H,24,25,26). The number of nitrogens with one attached hydrogen (secondary N) is 1. The molecule has 1 aliphatic carbocycles. The van der Waals surface area contributed by atoms with Gasteiger partial charge in [0.25, 0.3) is 5.91 Å². The number of anilines is 1. The summed E-state index contributed by atoms with van der Waals surface area (Å²) in [4.78, 5) is 28.2. The average molecular weight is 402 g/mol. The fourth-order valence-electron chi connectivity index (χ4n) is 3.29. The Labute approximate surface area is 163 Å². The predicted octanol–water partition coefficient (Wildman–Crippen LogP) is 2.71. The van der Waals surface area contributed by atoms with E-state index in [4.69, 9.17) is 5.73 Å². The lowest BCUT2D eigenvalue weighted by atomic mass is 9.65. The number of carbonyl (C=O) groups excluding carboxylic acids is 1. The van der Waals surface area contributed by atoms with Crippen LogP contribution in [0.3, 0.4) is 0 Å². The smallest absolute Gasteiger partial charge is 0.260 e. The van der Waals surface area contributed by atoms with Crippen LogP contribution in [0.2, 0.25) is 0 Å². The normalized spacial score (nSPS) is 21.1. The average Bonchev–Trinajstić information content (AvgIpc) is 3.16. The van der Waals surface area contributed by atoms with E-state index >= 15 is 0 Å². The fraction of sp³-hybridized carbons (Fsp3) is 0.278. The summed E-state index contributed by atoms with van der Waals surface area (Å²) < 4.78 is 27.8. The Kier molecular flexibility index (Phi) is 4.71. The summed E-state index contributed by atoms with van der Waals surface area (Å²) in [6.07, 6.45) is 5.45. The molecule has 1 fully saturated rings. The number of aromatic nitrogens is 4. The van der Waals surface area contributed by atoms with Gasteiger partial charge in [-0.15, -0.1) is 11.3 Å². The summed E-state index contributed by atoms with van der Waals surface area (Å²) in [5.74, 6) is -0.656. The van der Waals surface area contributed by atoms with Crippen molar-refractivity contribution < 1.29 is 13.6 Å². The number of alkyl halides is 1. The van der Waals surface area contributed by atoms with Gasteiger partial charge in [-0.25, -0.2) is 23.7 Å². The summed E-state index contributed by atoms with van der Waals surface area (Å²) >= 11 is 1.15. The zero-order valence-electron chi connectivity index (χ0n) is 14.6. The number of hydrogen-bond donors (Lipinski definition) is 2. The van der Waals surface area contributed by atoms with Crippen molar-refractivity contribution in [2.24, 2.45) is 5.73 Å². The van der Waals surface area contributed by atoms with Crippen LogP contribution in [0.1, 0.15) is 28.2 Å². The van der Waals surface area contributed by atoms with Gasteiger partial charge in [-0.05, 0) is 25.0 Å². The van der Waals surface area contributed by atoms with Gasteiger partial charge in [-0.1, -0.05) is 0 Å². The zero-order valence-corrected chi connectivity index (χ0v) is 15.4. The number of halogens is 2. The maximum Gasteiger partial charge on any atom is 0.260 e. The molecular weight excluding hydrogens is 386 g/mol. The number of pyridine rings is 1. The molecule has 1 aliphatic rings. The van der Waals surface area contributed by atoms with E-state index in [-0.39, 0.29) is 25.1 Å². The molecule has 0 spiro atoms. The Hall–Kier alpha value is -3.01. The van der Waals surface area contributed by atoms with Gasteiger partial charge >= 0.3 is 0 Å². The summed E-state index contributed by atoms with van der Waals surface area (Å²) in [7, 11) is 0. The summed E-state index contributed by atoms with van der Waals surface area (Å²) in [6, 6.07) is 2.84. The molecule has 3 heterocycles. The van der Waals surface area contributed by atoms with Gasteiger partial charge in [0.2, 0.25) is 5.95 Å². The van der Waals surface area contributed by atoms with Crippen LogP contribution >= 0.6 is 11.3 Å². The van der Waals surface area contributed by atoms with E-state index in [1.165, 1.54) is 24.5 Å². The second-order valence-corrected chi connectivity index (χ2v) is 7.69. The van der Waals surface area contributed by atoms with Gasteiger partial charge in [0, 0.05) is 36.1 Å². The van der Waals surface area contributed by atoms with Crippen molar-refractivity contribution in [3.63, 3.8) is 0 Å². The second-order valence-electron chi connectivity index (χ2n) is 6.66. The molecular formula is C18H16F2N6OS. The first-order valence-corrected chi connectivity index (χ1v) is 9.35.